The quantitative estimate of drug-likeness (QED) is 0.836. The Balaban J connectivity index is 1.68. The van der Waals surface area contributed by atoms with Gasteiger partial charge in [-0.3, -0.25) is 0 Å². The first kappa shape index (κ1) is 15.6. The maximum absolute atomic E-state index is 12.2. The highest BCUT2D eigenvalue weighted by Gasteiger charge is 2.26. The Morgan fingerprint density at radius 3 is 2.60 bits per heavy atom. The van der Waals surface area contributed by atoms with E-state index in [4.69, 9.17) is 0 Å². The summed E-state index contributed by atoms with van der Waals surface area (Å²) >= 11 is 0. The number of nitrogens with one attached hydrogen (secondary N) is 1. The molecule has 1 heterocycles. The molecular weight excluding hydrogens is 252 g/mol. The van der Waals surface area contributed by atoms with Crippen LogP contribution in [0.3, 0.4) is 0 Å². The third-order valence-corrected chi connectivity index (χ3v) is 5.10. The number of amides is 2. The van der Waals surface area contributed by atoms with Crippen molar-refractivity contribution in [3.8, 4) is 0 Å². The Morgan fingerprint density at radius 2 is 2.00 bits per heavy atom. The Morgan fingerprint density at radius 1 is 1.30 bits per heavy atom. The van der Waals surface area contributed by atoms with Gasteiger partial charge in [-0.15, -0.1) is 0 Å². The topological polar surface area (TPSA) is 52.6 Å². The lowest BCUT2D eigenvalue weighted by Gasteiger charge is -2.34. The van der Waals surface area contributed by atoms with Gasteiger partial charge in [-0.2, -0.15) is 0 Å². The molecule has 2 rings (SSSR count). The molecule has 1 aliphatic heterocycles. The third kappa shape index (κ3) is 4.37. The molecule has 1 saturated carbocycles. The fraction of sp³-hybridized carbons (Fsp3) is 0.938. The Labute approximate surface area is 122 Å². The molecule has 1 saturated heterocycles. The van der Waals surface area contributed by atoms with Gasteiger partial charge < -0.3 is 15.3 Å². The van der Waals surface area contributed by atoms with Crippen LogP contribution in [0.4, 0.5) is 4.79 Å². The van der Waals surface area contributed by atoms with Gasteiger partial charge in [-0.05, 0) is 50.4 Å². The minimum Gasteiger partial charge on any atom is -0.393 e. The van der Waals surface area contributed by atoms with Crippen molar-refractivity contribution in [2.75, 3.05) is 19.6 Å². The van der Waals surface area contributed by atoms with Gasteiger partial charge in [0.15, 0.2) is 0 Å². The van der Waals surface area contributed by atoms with Crippen LogP contribution in [0.2, 0.25) is 0 Å². The number of likely N-dealkylation sites (tertiary alicyclic amines) is 1. The van der Waals surface area contributed by atoms with Crippen molar-refractivity contribution >= 4 is 6.03 Å². The highest BCUT2D eigenvalue weighted by Crippen LogP contribution is 2.28. The molecule has 20 heavy (non-hydrogen) atoms. The van der Waals surface area contributed by atoms with Crippen LogP contribution in [0.15, 0.2) is 0 Å². The fourth-order valence-electron chi connectivity index (χ4n) is 3.67. The van der Waals surface area contributed by atoms with Gasteiger partial charge in [0.25, 0.3) is 0 Å². The predicted octanol–water partition coefficient (Wildman–Crippen LogP) is 2.62. The normalized spacial score (nSPS) is 30.1. The molecule has 3 atom stereocenters. The van der Waals surface area contributed by atoms with Crippen molar-refractivity contribution in [1.82, 2.24) is 10.2 Å². The number of hydrogen-bond donors (Lipinski definition) is 2. The highest BCUT2D eigenvalue weighted by molar-refractivity contribution is 5.74. The molecule has 0 aromatic carbocycles. The molecule has 4 heteroatoms. The van der Waals surface area contributed by atoms with Crippen LogP contribution in [-0.4, -0.2) is 41.8 Å². The minimum atomic E-state index is -0.246. The van der Waals surface area contributed by atoms with Crippen molar-refractivity contribution in [3.63, 3.8) is 0 Å². The van der Waals surface area contributed by atoms with Gasteiger partial charge in [-0.25, -0.2) is 4.79 Å². The molecule has 1 aliphatic carbocycles. The molecule has 0 bridgehead atoms. The Hall–Kier alpha value is -0.770. The summed E-state index contributed by atoms with van der Waals surface area (Å²) in [6.45, 7) is 6.56. The van der Waals surface area contributed by atoms with Gasteiger partial charge in [0.1, 0.15) is 0 Å². The maximum Gasteiger partial charge on any atom is 0.317 e. The van der Waals surface area contributed by atoms with Gasteiger partial charge in [0, 0.05) is 19.6 Å². The molecule has 0 aromatic heterocycles. The first-order valence-electron chi connectivity index (χ1n) is 8.27. The molecule has 2 fully saturated rings. The van der Waals surface area contributed by atoms with Crippen LogP contribution in [0.1, 0.15) is 52.4 Å². The highest BCUT2D eigenvalue weighted by atomic mass is 16.3. The fourth-order valence-corrected chi connectivity index (χ4v) is 3.67. The summed E-state index contributed by atoms with van der Waals surface area (Å²) in [4.78, 5) is 14.1. The van der Waals surface area contributed by atoms with E-state index in [2.05, 4.69) is 12.2 Å². The Kier molecular flexibility index (Phi) is 5.70. The SMILES string of the molecule is CC1CCCC(CNC(=O)N2CCC(C(C)O)CC2)C1. The smallest absolute Gasteiger partial charge is 0.317 e. The third-order valence-electron chi connectivity index (χ3n) is 5.10. The summed E-state index contributed by atoms with van der Waals surface area (Å²) in [6.07, 6.45) is 6.76. The van der Waals surface area contributed by atoms with Crippen LogP contribution in [-0.2, 0) is 0 Å². The molecule has 2 N–H and O–H groups in total. The second-order valence-electron chi connectivity index (χ2n) is 6.89. The van der Waals surface area contributed by atoms with E-state index < -0.39 is 0 Å². The lowest BCUT2D eigenvalue weighted by molar-refractivity contribution is 0.0795. The standard InChI is InChI=1S/C16H30N2O2/c1-12-4-3-5-14(10-12)11-17-16(20)18-8-6-15(7-9-18)13(2)19/h12-15,19H,3-11H2,1-2H3,(H,17,20). The number of aliphatic hydroxyl groups is 1. The maximum atomic E-state index is 12.2. The molecular formula is C16H30N2O2. The Bertz CT molecular complexity index is 312. The van der Waals surface area contributed by atoms with E-state index in [1.165, 1.54) is 25.7 Å². The lowest BCUT2D eigenvalue weighted by Crippen LogP contribution is -2.47. The van der Waals surface area contributed by atoms with Gasteiger partial charge in [0.2, 0.25) is 0 Å². The first-order valence-corrected chi connectivity index (χ1v) is 8.27. The van der Waals surface area contributed by atoms with E-state index >= 15 is 0 Å². The van der Waals surface area contributed by atoms with E-state index in [0.717, 1.165) is 38.4 Å². The predicted molar refractivity (Wildman–Crippen MR) is 80.5 cm³/mol. The van der Waals surface area contributed by atoms with Crippen LogP contribution in [0.25, 0.3) is 0 Å². The van der Waals surface area contributed by atoms with Crippen LogP contribution < -0.4 is 5.32 Å². The molecule has 116 valence electrons. The van der Waals surface area contributed by atoms with Crippen molar-refractivity contribution in [2.45, 2.75) is 58.5 Å². The zero-order valence-corrected chi connectivity index (χ0v) is 13.0. The number of nitrogens with zero attached hydrogens (tertiary/aromatic N) is 1. The summed E-state index contributed by atoms with van der Waals surface area (Å²) in [5.41, 5.74) is 0. The molecule has 2 aliphatic rings. The lowest BCUT2D eigenvalue weighted by atomic mass is 9.82. The van der Waals surface area contributed by atoms with Crippen LogP contribution in [0, 0.1) is 17.8 Å². The molecule has 2 amide bonds. The molecule has 3 unspecified atom stereocenters. The van der Waals surface area contributed by atoms with Crippen molar-refractivity contribution in [2.24, 2.45) is 17.8 Å². The molecule has 0 aromatic rings. The van der Waals surface area contributed by atoms with Crippen molar-refractivity contribution < 1.29 is 9.90 Å². The summed E-state index contributed by atoms with van der Waals surface area (Å²) < 4.78 is 0. The van der Waals surface area contributed by atoms with E-state index in [1.807, 2.05) is 11.8 Å². The van der Waals surface area contributed by atoms with E-state index in [-0.39, 0.29) is 12.1 Å². The second-order valence-corrected chi connectivity index (χ2v) is 6.89. The number of aliphatic hydroxyl groups excluding tert-OH is 1. The van der Waals surface area contributed by atoms with E-state index in [1.54, 1.807) is 0 Å². The van der Waals surface area contributed by atoms with Crippen molar-refractivity contribution in [1.29, 1.82) is 0 Å². The molecule has 4 nitrogen and oxygen atoms in total. The molecule has 0 radical (unpaired) electrons. The van der Waals surface area contributed by atoms with Crippen LogP contribution in [0.5, 0.6) is 0 Å². The monoisotopic (exact) mass is 282 g/mol. The number of carbonyl (C=O) groups excluding carboxylic acids is 1. The summed E-state index contributed by atoms with van der Waals surface area (Å²) in [5, 5.41) is 12.7. The number of rotatable bonds is 3. The van der Waals surface area contributed by atoms with Crippen LogP contribution >= 0.6 is 0 Å². The number of carbonyl (C=O) groups is 1. The summed E-state index contributed by atoms with van der Waals surface area (Å²) in [6, 6.07) is 0.0901. The first-order chi connectivity index (χ1) is 9.56. The zero-order valence-electron chi connectivity index (χ0n) is 13.0. The van der Waals surface area contributed by atoms with Crippen molar-refractivity contribution in [3.05, 3.63) is 0 Å². The summed E-state index contributed by atoms with van der Waals surface area (Å²) in [5.74, 6) is 1.84. The second kappa shape index (κ2) is 7.30. The number of piperidine rings is 1. The number of urea groups is 1. The van der Waals surface area contributed by atoms with Gasteiger partial charge in [-0.1, -0.05) is 19.8 Å². The average Bonchev–Trinajstić information content (AvgIpc) is 2.45. The zero-order chi connectivity index (χ0) is 14.5. The number of hydrogen-bond acceptors (Lipinski definition) is 2. The average molecular weight is 282 g/mol. The van der Waals surface area contributed by atoms with E-state index in [0.29, 0.717) is 11.8 Å². The van der Waals surface area contributed by atoms with E-state index in [9.17, 15) is 9.90 Å². The van der Waals surface area contributed by atoms with Gasteiger partial charge >= 0.3 is 6.03 Å². The molecule has 0 spiro atoms. The summed E-state index contributed by atoms with van der Waals surface area (Å²) in [7, 11) is 0. The van der Waals surface area contributed by atoms with Gasteiger partial charge in [0.05, 0.1) is 6.10 Å². The minimum absolute atomic E-state index is 0.0901. The largest absolute Gasteiger partial charge is 0.393 e.